The summed E-state index contributed by atoms with van der Waals surface area (Å²) in [7, 11) is 0. The minimum Gasteiger partial charge on any atom is -0.337 e. The van der Waals surface area contributed by atoms with Crippen molar-refractivity contribution in [2.45, 2.75) is 123 Å². The Bertz CT molecular complexity index is 1130. The lowest BCUT2D eigenvalue weighted by atomic mass is 9.74. The van der Waals surface area contributed by atoms with Crippen LogP contribution in [0.1, 0.15) is 105 Å². The number of nitrogens with zero attached hydrogens (tertiary/aromatic N) is 3. The average Bonchev–Trinajstić information content (AvgIpc) is 3.50. The predicted octanol–water partition coefficient (Wildman–Crippen LogP) is 5.94. The molecule has 0 unspecified atom stereocenters. The molecule has 42 heavy (non-hydrogen) atoms. The molecule has 1 aromatic rings. The van der Waals surface area contributed by atoms with Crippen molar-refractivity contribution in [3.8, 4) is 0 Å². The molecular formula is C34H54F2N4O2. The van der Waals surface area contributed by atoms with Crippen molar-refractivity contribution >= 4 is 11.8 Å². The molecule has 3 fully saturated rings. The van der Waals surface area contributed by atoms with E-state index in [0.717, 1.165) is 31.7 Å². The van der Waals surface area contributed by atoms with E-state index in [9.17, 15) is 14.0 Å². The Hall–Kier alpha value is -2.06. The second-order valence-corrected chi connectivity index (χ2v) is 15.9. The molecule has 1 saturated carbocycles. The molecule has 4 rings (SSSR count). The number of carbonyl (C=O) groups excluding carboxylic acids is 2. The summed E-state index contributed by atoms with van der Waals surface area (Å²) in [6.45, 7) is 18.8. The lowest BCUT2D eigenvalue weighted by Gasteiger charge is -2.45. The predicted molar refractivity (Wildman–Crippen MR) is 164 cm³/mol. The fourth-order valence-corrected chi connectivity index (χ4v) is 7.44. The average molecular weight is 589 g/mol. The van der Waals surface area contributed by atoms with Gasteiger partial charge in [0.15, 0.2) is 0 Å². The second-order valence-electron chi connectivity index (χ2n) is 15.9. The van der Waals surface area contributed by atoms with Crippen LogP contribution in [0.25, 0.3) is 0 Å². The first kappa shape index (κ1) is 32.8. The zero-order valence-corrected chi connectivity index (χ0v) is 27.2. The minimum absolute atomic E-state index is 0.00985. The van der Waals surface area contributed by atoms with Gasteiger partial charge in [0.1, 0.15) is 11.6 Å². The van der Waals surface area contributed by atoms with Gasteiger partial charge in [-0.05, 0) is 82.9 Å². The van der Waals surface area contributed by atoms with Crippen molar-refractivity contribution in [1.82, 2.24) is 14.7 Å². The van der Waals surface area contributed by atoms with Crippen LogP contribution in [0.15, 0.2) is 18.2 Å². The first-order valence-electron chi connectivity index (χ1n) is 16.0. The molecule has 2 amide bonds. The molecule has 3 aliphatic rings. The van der Waals surface area contributed by atoms with Gasteiger partial charge in [0.2, 0.25) is 11.8 Å². The number of amides is 2. The summed E-state index contributed by atoms with van der Waals surface area (Å²) in [6.07, 6.45) is 5.44. The standard InChI is InChI=1S/C34H54F2N4O2/c1-32(2,3)31(42)40(23-11-14-34(7,8)15-12-23)25-18-24(13-16-37)39(19-25)30(41)28-21-38(33(4,5)6)20-27(28)26-10-9-22(35)17-29(26)36/h9-10,17,23-25,27-28H,11-16,18-21,37H2,1-8H3/t24-,25+,27+,28-/m1/s1. The van der Waals surface area contributed by atoms with Crippen LogP contribution in [0.5, 0.6) is 0 Å². The summed E-state index contributed by atoms with van der Waals surface area (Å²) in [4.78, 5) is 34.8. The SMILES string of the molecule is CC1(C)CCC(N(C(=O)C(C)(C)C)[C@H]2C[C@@H](CCN)N(C(=O)[C@@H]3CN(C(C)(C)C)C[C@H]3c3ccc(F)cc3F)C2)CC1. The fraction of sp³-hybridized carbons (Fsp3) is 0.765. The normalized spacial score (nSPS) is 27.5. The molecule has 4 atom stereocenters. The summed E-state index contributed by atoms with van der Waals surface area (Å²) in [5.74, 6) is -1.94. The molecule has 2 N–H and O–H groups in total. The molecule has 1 aliphatic carbocycles. The number of halogens is 2. The monoisotopic (exact) mass is 588 g/mol. The van der Waals surface area contributed by atoms with Gasteiger partial charge in [0.05, 0.1) is 12.0 Å². The fourth-order valence-electron chi connectivity index (χ4n) is 7.44. The number of hydrogen-bond donors (Lipinski definition) is 1. The molecule has 0 spiro atoms. The van der Waals surface area contributed by atoms with Crippen LogP contribution in [0.2, 0.25) is 0 Å². The van der Waals surface area contributed by atoms with Crippen molar-refractivity contribution < 1.29 is 18.4 Å². The number of rotatable bonds is 6. The highest BCUT2D eigenvalue weighted by Gasteiger charge is 2.49. The highest BCUT2D eigenvalue weighted by Crippen LogP contribution is 2.42. The number of carbonyl (C=O) groups is 2. The maximum absolute atomic E-state index is 15.1. The molecule has 2 saturated heterocycles. The zero-order valence-electron chi connectivity index (χ0n) is 27.2. The van der Waals surface area contributed by atoms with Crippen LogP contribution in [0.4, 0.5) is 8.78 Å². The van der Waals surface area contributed by atoms with E-state index in [2.05, 4.69) is 44.4 Å². The van der Waals surface area contributed by atoms with Gasteiger partial charge < -0.3 is 15.5 Å². The van der Waals surface area contributed by atoms with Crippen LogP contribution in [0.3, 0.4) is 0 Å². The van der Waals surface area contributed by atoms with Crippen molar-refractivity contribution in [2.24, 2.45) is 22.5 Å². The van der Waals surface area contributed by atoms with Gasteiger partial charge in [-0.2, -0.15) is 0 Å². The van der Waals surface area contributed by atoms with Crippen LogP contribution < -0.4 is 5.73 Å². The van der Waals surface area contributed by atoms with Crippen LogP contribution in [-0.2, 0) is 9.59 Å². The van der Waals surface area contributed by atoms with Gasteiger partial charge in [0, 0.05) is 54.7 Å². The quantitative estimate of drug-likeness (QED) is 0.447. The van der Waals surface area contributed by atoms with Gasteiger partial charge in [-0.1, -0.05) is 40.7 Å². The maximum Gasteiger partial charge on any atom is 0.228 e. The summed E-state index contributed by atoms with van der Waals surface area (Å²) in [6, 6.07) is 3.70. The number of likely N-dealkylation sites (tertiary alicyclic amines) is 2. The summed E-state index contributed by atoms with van der Waals surface area (Å²) < 4.78 is 29.0. The molecule has 8 heteroatoms. The molecule has 6 nitrogen and oxygen atoms in total. The van der Waals surface area contributed by atoms with Gasteiger partial charge in [-0.15, -0.1) is 0 Å². The summed E-state index contributed by atoms with van der Waals surface area (Å²) >= 11 is 0. The van der Waals surface area contributed by atoms with Crippen molar-refractivity contribution in [2.75, 3.05) is 26.2 Å². The molecule has 2 aliphatic heterocycles. The Morgan fingerprint density at radius 1 is 1.00 bits per heavy atom. The molecule has 2 heterocycles. The van der Waals surface area contributed by atoms with Gasteiger partial charge in [-0.3, -0.25) is 14.5 Å². The smallest absolute Gasteiger partial charge is 0.228 e. The van der Waals surface area contributed by atoms with E-state index in [1.165, 1.54) is 12.1 Å². The minimum atomic E-state index is -0.620. The van der Waals surface area contributed by atoms with Gasteiger partial charge in [-0.25, -0.2) is 8.78 Å². The summed E-state index contributed by atoms with van der Waals surface area (Å²) in [5.41, 5.74) is 5.99. The Balaban J connectivity index is 1.65. The van der Waals surface area contributed by atoms with E-state index >= 15 is 4.39 Å². The molecular weight excluding hydrogens is 534 g/mol. The van der Waals surface area contributed by atoms with Gasteiger partial charge >= 0.3 is 0 Å². The lowest BCUT2D eigenvalue weighted by Crippen LogP contribution is -2.54. The number of benzene rings is 1. The molecule has 0 radical (unpaired) electrons. The maximum atomic E-state index is 15.1. The topological polar surface area (TPSA) is 69.9 Å². The molecule has 0 aromatic heterocycles. The van der Waals surface area contributed by atoms with Crippen LogP contribution >= 0.6 is 0 Å². The number of hydrogen-bond acceptors (Lipinski definition) is 4. The second kappa shape index (κ2) is 12.1. The van der Waals surface area contributed by atoms with Gasteiger partial charge in [0.25, 0.3) is 0 Å². The molecule has 0 bridgehead atoms. The Morgan fingerprint density at radius 3 is 2.19 bits per heavy atom. The van der Waals surface area contributed by atoms with E-state index in [0.29, 0.717) is 44.6 Å². The van der Waals surface area contributed by atoms with Crippen molar-refractivity contribution in [1.29, 1.82) is 0 Å². The van der Waals surface area contributed by atoms with E-state index in [1.807, 2.05) is 25.7 Å². The Kier molecular flexibility index (Phi) is 9.50. The Labute approximate surface area is 252 Å². The third-order valence-corrected chi connectivity index (χ3v) is 10.1. The lowest BCUT2D eigenvalue weighted by molar-refractivity contribution is -0.147. The zero-order chi connectivity index (χ0) is 31.2. The van der Waals surface area contributed by atoms with Crippen molar-refractivity contribution in [3.63, 3.8) is 0 Å². The van der Waals surface area contributed by atoms with Crippen LogP contribution in [-0.4, -0.2) is 76.4 Å². The van der Waals surface area contributed by atoms with Crippen LogP contribution in [0, 0.1) is 28.4 Å². The highest BCUT2D eigenvalue weighted by atomic mass is 19.1. The first-order valence-corrected chi connectivity index (χ1v) is 16.0. The van der Waals surface area contributed by atoms with E-state index in [4.69, 9.17) is 5.73 Å². The third kappa shape index (κ3) is 7.01. The van der Waals surface area contributed by atoms with Crippen molar-refractivity contribution in [3.05, 3.63) is 35.4 Å². The Morgan fingerprint density at radius 2 is 1.64 bits per heavy atom. The van der Waals surface area contributed by atoms with E-state index < -0.39 is 23.0 Å². The largest absolute Gasteiger partial charge is 0.337 e. The molecule has 1 aromatic carbocycles. The number of nitrogens with two attached hydrogens (primary N) is 1. The first-order chi connectivity index (χ1) is 19.4. The molecule has 236 valence electrons. The highest BCUT2D eigenvalue weighted by molar-refractivity contribution is 5.83. The summed E-state index contributed by atoms with van der Waals surface area (Å²) in [5, 5.41) is 0. The van der Waals surface area contributed by atoms with E-state index in [-0.39, 0.29) is 46.8 Å². The van der Waals surface area contributed by atoms with E-state index in [1.54, 1.807) is 0 Å². The third-order valence-electron chi connectivity index (χ3n) is 10.1.